The van der Waals surface area contributed by atoms with Crippen molar-refractivity contribution in [1.29, 1.82) is 0 Å². The predicted molar refractivity (Wildman–Crippen MR) is 57.9 cm³/mol. The summed E-state index contributed by atoms with van der Waals surface area (Å²) < 4.78 is 18.2. The first-order valence-electron chi connectivity index (χ1n) is 4.43. The summed E-state index contributed by atoms with van der Waals surface area (Å²) in [6.07, 6.45) is 0. The third-order valence-corrected chi connectivity index (χ3v) is 2.10. The molecule has 0 N–H and O–H groups in total. The van der Waals surface area contributed by atoms with Crippen molar-refractivity contribution in [3.8, 4) is 11.5 Å². The SMILES string of the molecule is Fc1cccc(Oc2ccc(Cl)cc2)c1. The van der Waals surface area contributed by atoms with Gasteiger partial charge in [0.05, 0.1) is 0 Å². The average molecular weight is 223 g/mol. The Labute approximate surface area is 92.1 Å². The molecule has 0 bridgehead atoms. The highest BCUT2D eigenvalue weighted by Gasteiger charge is 1.98. The Morgan fingerprint density at radius 1 is 0.933 bits per heavy atom. The van der Waals surface area contributed by atoms with Gasteiger partial charge in [-0.05, 0) is 36.4 Å². The van der Waals surface area contributed by atoms with Crippen LogP contribution in [0.5, 0.6) is 11.5 Å². The zero-order valence-corrected chi connectivity index (χ0v) is 8.54. The summed E-state index contributed by atoms with van der Waals surface area (Å²) in [7, 11) is 0. The highest BCUT2D eigenvalue weighted by atomic mass is 35.5. The molecule has 0 spiro atoms. The summed E-state index contributed by atoms with van der Waals surface area (Å²) in [5.41, 5.74) is 0. The van der Waals surface area contributed by atoms with Crippen molar-refractivity contribution < 1.29 is 9.13 Å². The van der Waals surface area contributed by atoms with Crippen LogP contribution in [0.3, 0.4) is 0 Å². The zero-order valence-electron chi connectivity index (χ0n) is 7.78. The summed E-state index contributed by atoms with van der Waals surface area (Å²) in [5, 5.41) is 0.640. The number of hydrogen-bond donors (Lipinski definition) is 0. The van der Waals surface area contributed by atoms with E-state index >= 15 is 0 Å². The van der Waals surface area contributed by atoms with Gasteiger partial charge in [0, 0.05) is 11.1 Å². The second-order valence-electron chi connectivity index (χ2n) is 3.01. The summed E-state index contributed by atoms with van der Waals surface area (Å²) in [6, 6.07) is 12.9. The van der Waals surface area contributed by atoms with Crippen molar-refractivity contribution in [3.63, 3.8) is 0 Å². The molecule has 0 aliphatic carbocycles. The van der Waals surface area contributed by atoms with Gasteiger partial charge in [0.1, 0.15) is 17.3 Å². The van der Waals surface area contributed by atoms with Crippen LogP contribution in [-0.2, 0) is 0 Å². The molecule has 3 heteroatoms. The highest BCUT2D eigenvalue weighted by Crippen LogP contribution is 2.23. The minimum absolute atomic E-state index is 0.318. The summed E-state index contributed by atoms with van der Waals surface area (Å²) >= 11 is 5.72. The maximum absolute atomic E-state index is 12.8. The molecule has 0 atom stereocenters. The molecule has 0 saturated carbocycles. The van der Waals surface area contributed by atoms with E-state index in [0.29, 0.717) is 16.5 Å². The van der Waals surface area contributed by atoms with Gasteiger partial charge >= 0.3 is 0 Å². The molecule has 0 aromatic heterocycles. The molecular weight excluding hydrogens is 215 g/mol. The molecule has 0 saturated heterocycles. The molecule has 2 aromatic carbocycles. The number of hydrogen-bond acceptors (Lipinski definition) is 1. The Morgan fingerprint density at radius 2 is 1.67 bits per heavy atom. The van der Waals surface area contributed by atoms with E-state index in [1.165, 1.54) is 12.1 Å². The van der Waals surface area contributed by atoms with Gasteiger partial charge in [-0.2, -0.15) is 0 Å². The molecule has 0 aliphatic rings. The Kier molecular flexibility index (Phi) is 2.88. The normalized spacial score (nSPS) is 10.0. The van der Waals surface area contributed by atoms with Crippen LogP contribution in [0.1, 0.15) is 0 Å². The van der Waals surface area contributed by atoms with E-state index in [1.807, 2.05) is 0 Å². The van der Waals surface area contributed by atoms with E-state index in [0.717, 1.165) is 0 Å². The first-order valence-corrected chi connectivity index (χ1v) is 4.81. The maximum atomic E-state index is 12.8. The van der Waals surface area contributed by atoms with Gasteiger partial charge in [0.15, 0.2) is 0 Å². The second kappa shape index (κ2) is 4.32. The lowest BCUT2D eigenvalue weighted by Crippen LogP contribution is -1.84. The molecule has 0 aliphatic heterocycles. The monoisotopic (exact) mass is 222 g/mol. The molecular formula is C12H8ClFO. The molecule has 0 heterocycles. The van der Waals surface area contributed by atoms with E-state index in [1.54, 1.807) is 36.4 Å². The Bertz CT molecular complexity index is 453. The van der Waals surface area contributed by atoms with E-state index in [2.05, 4.69) is 0 Å². The smallest absolute Gasteiger partial charge is 0.130 e. The van der Waals surface area contributed by atoms with Crippen LogP contribution in [0.15, 0.2) is 48.5 Å². The van der Waals surface area contributed by atoms with Gasteiger partial charge in [0.2, 0.25) is 0 Å². The fraction of sp³-hybridized carbons (Fsp3) is 0. The minimum atomic E-state index is -0.318. The summed E-state index contributed by atoms with van der Waals surface area (Å²) in [6.45, 7) is 0. The number of benzene rings is 2. The number of rotatable bonds is 2. The van der Waals surface area contributed by atoms with Crippen molar-refractivity contribution in [1.82, 2.24) is 0 Å². The topological polar surface area (TPSA) is 9.23 Å². The number of ether oxygens (including phenoxy) is 1. The quantitative estimate of drug-likeness (QED) is 0.737. The largest absolute Gasteiger partial charge is 0.457 e. The maximum Gasteiger partial charge on any atom is 0.130 e. The van der Waals surface area contributed by atoms with Crippen LogP contribution < -0.4 is 4.74 Å². The van der Waals surface area contributed by atoms with Crippen molar-refractivity contribution in [2.45, 2.75) is 0 Å². The standard InChI is InChI=1S/C12H8ClFO/c13-9-4-6-11(7-5-9)15-12-3-1-2-10(14)8-12/h1-8H. The predicted octanol–water partition coefficient (Wildman–Crippen LogP) is 4.27. The molecule has 0 amide bonds. The van der Waals surface area contributed by atoms with E-state index in [4.69, 9.17) is 16.3 Å². The molecule has 2 rings (SSSR count). The van der Waals surface area contributed by atoms with Crippen LogP contribution >= 0.6 is 11.6 Å². The van der Waals surface area contributed by atoms with Crippen molar-refractivity contribution in [2.75, 3.05) is 0 Å². The van der Waals surface area contributed by atoms with Gasteiger partial charge < -0.3 is 4.74 Å². The van der Waals surface area contributed by atoms with Crippen LogP contribution in [0, 0.1) is 5.82 Å². The number of halogens is 2. The molecule has 0 unspecified atom stereocenters. The fourth-order valence-corrected chi connectivity index (χ4v) is 1.30. The lowest BCUT2D eigenvalue weighted by molar-refractivity contribution is 0.477. The Balaban J connectivity index is 2.18. The summed E-state index contributed by atoms with van der Waals surface area (Å²) in [5.74, 6) is 0.781. The molecule has 2 aromatic rings. The van der Waals surface area contributed by atoms with Crippen LogP contribution in [0.4, 0.5) is 4.39 Å². The van der Waals surface area contributed by atoms with Gasteiger partial charge in [-0.15, -0.1) is 0 Å². The van der Waals surface area contributed by atoms with Crippen LogP contribution in [-0.4, -0.2) is 0 Å². The Hall–Kier alpha value is -1.54. The molecule has 1 nitrogen and oxygen atoms in total. The van der Waals surface area contributed by atoms with Gasteiger partial charge in [0.25, 0.3) is 0 Å². The Morgan fingerprint density at radius 3 is 2.33 bits per heavy atom. The molecule has 0 radical (unpaired) electrons. The lowest BCUT2D eigenvalue weighted by atomic mass is 10.3. The molecule has 15 heavy (non-hydrogen) atoms. The van der Waals surface area contributed by atoms with Crippen molar-refractivity contribution in [2.24, 2.45) is 0 Å². The van der Waals surface area contributed by atoms with Crippen molar-refractivity contribution in [3.05, 3.63) is 59.4 Å². The van der Waals surface area contributed by atoms with Crippen LogP contribution in [0.25, 0.3) is 0 Å². The van der Waals surface area contributed by atoms with Gasteiger partial charge in [-0.3, -0.25) is 0 Å². The summed E-state index contributed by atoms with van der Waals surface area (Å²) in [4.78, 5) is 0. The third kappa shape index (κ3) is 2.70. The second-order valence-corrected chi connectivity index (χ2v) is 3.45. The lowest BCUT2D eigenvalue weighted by Gasteiger charge is -2.05. The van der Waals surface area contributed by atoms with E-state index in [-0.39, 0.29) is 5.82 Å². The molecule has 0 fully saturated rings. The first kappa shape index (κ1) is 9.99. The first-order chi connectivity index (χ1) is 7.24. The fourth-order valence-electron chi connectivity index (χ4n) is 1.17. The molecule has 76 valence electrons. The van der Waals surface area contributed by atoms with Crippen LogP contribution in [0.2, 0.25) is 5.02 Å². The van der Waals surface area contributed by atoms with Gasteiger partial charge in [-0.1, -0.05) is 17.7 Å². The van der Waals surface area contributed by atoms with Crippen molar-refractivity contribution >= 4 is 11.6 Å². The van der Waals surface area contributed by atoms with E-state index in [9.17, 15) is 4.39 Å². The average Bonchev–Trinajstić information content (AvgIpc) is 2.22. The highest BCUT2D eigenvalue weighted by molar-refractivity contribution is 6.30. The van der Waals surface area contributed by atoms with E-state index < -0.39 is 0 Å². The third-order valence-electron chi connectivity index (χ3n) is 1.85. The zero-order chi connectivity index (χ0) is 10.7. The van der Waals surface area contributed by atoms with Gasteiger partial charge in [-0.25, -0.2) is 4.39 Å². The minimum Gasteiger partial charge on any atom is -0.457 e.